The summed E-state index contributed by atoms with van der Waals surface area (Å²) in [7, 11) is 0. The van der Waals surface area contributed by atoms with Crippen molar-refractivity contribution in [1.82, 2.24) is 0 Å². The maximum atomic E-state index is 11.3. The molecule has 0 aromatic heterocycles. The molecule has 0 bridgehead atoms. The zero-order chi connectivity index (χ0) is 14.9. The number of carbonyl (C=O) groups excluding carboxylic acids is 1. The first-order valence-corrected chi connectivity index (χ1v) is 6.77. The third kappa shape index (κ3) is 2.90. The van der Waals surface area contributed by atoms with Gasteiger partial charge in [0.2, 0.25) is 5.91 Å². The minimum Gasteiger partial charge on any atom is -0.480 e. The fourth-order valence-electron chi connectivity index (χ4n) is 1.87. The molecule has 1 aliphatic heterocycles. The fourth-order valence-corrected chi connectivity index (χ4v) is 2.82. The Morgan fingerprint density at radius 1 is 1.50 bits per heavy atom. The number of nitrogens with one attached hydrogen (secondary N) is 1. The van der Waals surface area contributed by atoms with E-state index in [2.05, 4.69) is 5.32 Å². The Kier molecular flexibility index (Phi) is 3.93. The smallest absolute Gasteiger partial charge is 0.316 e. The number of aryl methyl sites for hydroxylation is 1. The van der Waals surface area contributed by atoms with Crippen LogP contribution in [0.4, 0.5) is 11.4 Å². The molecule has 0 saturated carbocycles. The SMILES string of the molecule is CC(Sc1cc2c(cc1[N+](=O)[O-])NC(=O)CC2)C(=O)O. The van der Waals surface area contributed by atoms with E-state index < -0.39 is 16.1 Å². The predicted octanol–water partition coefficient (Wildman–Crippen LogP) is 2.04. The Labute approximate surface area is 118 Å². The zero-order valence-corrected chi connectivity index (χ0v) is 11.4. The number of aliphatic carboxylic acids is 1. The summed E-state index contributed by atoms with van der Waals surface area (Å²) in [6.45, 7) is 1.47. The number of nitrogens with zero attached hydrogens (tertiary/aromatic N) is 1. The molecule has 0 fully saturated rings. The summed E-state index contributed by atoms with van der Waals surface area (Å²) in [6, 6.07) is 2.89. The lowest BCUT2D eigenvalue weighted by atomic mass is 10.0. The van der Waals surface area contributed by atoms with Gasteiger partial charge in [-0.1, -0.05) is 0 Å². The lowest BCUT2D eigenvalue weighted by Gasteiger charge is -2.18. The molecule has 2 N–H and O–H groups in total. The van der Waals surface area contributed by atoms with Crippen LogP contribution >= 0.6 is 11.8 Å². The van der Waals surface area contributed by atoms with Crippen LogP contribution < -0.4 is 5.32 Å². The van der Waals surface area contributed by atoms with E-state index in [-0.39, 0.29) is 11.6 Å². The topological polar surface area (TPSA) is 110 Å². The summed E-state index contributed by atoms with van der Waals surface area (Å²) >= 11 is 0.926. The van der Waals surface area contributed by atoms with Crippen LogP contribution in [-0.4, -0.2) is 27.2 Å². The quantitative estimate of drug-likeness (QED) is 0.500. The van der Waals surface area contributed by atoms with Crippen molar-refractivity contribution in [3.05, 3.63) is 27.8 Å². The number of carboxylic acid groups (broad SMARTS) is 1. The second-order valence-electron chi connectivity index (χ2n) is 4.38. The van der Waals surface area contributed by atoms with Gasteiger partial charge in [-0.25, -0.2) is 0 Å². The van der Waals surface area contributed by atoms with Crippen LogP contribution in [0.2, 0.25) is 0 Å². The number of amides is 1. The van der Waals surface area contributed by atoms with Crippen LogP contribution in [-0.2, 0) is 16.0 Å². The Hall–Kier alpha value is -2.09. The highest BCUT2D eigenvalue weighted by Gasteiger charge is 2.25. The first-order chi connectivity index (χ1) is 9.38. The monoisotopic (exact) mass is 296 g/mol. The van der Waals surface area contributed by atoms with Crippen molar-refractivity contribution < 1.29 is 19.6 Å². The van der Waals surface area contributed by atoms with Crippen molar-refractivity contribution in [1.29, 1.82) is 0 Å². The molecule has 1 amide bonds. The van der Waals surface area contributed by atoms with Gasteiger partial charge in [0.25, 0.3) is 5.69 Å². The van der Waals surface area contributed by atoms with Crippen LogP contribution in [0.5, 0.6) is 0 Å². The average Bonchev–Trinajstić information content (AvgIpc) is 2.37. The molecule has 7 nitrogen and oxygen atoms in total. The first-order valence-electron chi connectivity index (χ1n) is 5.89. The molecule has 1 aromatic carbocycles. The lowest BCUT2D eigenvalue weighted by molar-refractivity contribution is -0.387. The van der Waals surface area contributed by atoms with Crippen LogP contribution in [0, 0.1) is 10.1 Å². The van der Waals surface area contributed by atoms with Crippen LogP contribution in [0.25, 0.3) is 0 Å². The van der Waals surface area contributed by atoms with Crippen LogP contribution in [0.15, 0.2) is 17.0 Å². The standard InChI is InChI=1S/C12H12N2O5S/c1-6(12(16)17)20-10-4-7-2-3-11(15)13-8(7)5-9(10)14(18)19/h4-6H,2-3H2,1H3,(H,13,15)(H,16,17). The molecule has 0 spiro atoms. The van der Waals surface area contributed by atoms with Gasteiger partial charge in [0.05, 0.1) is 15.5 Å². The van der Waals surface area contributed by atoms with Crippen molar-refractivity contribution in [3.8, 4) is 0 Å². The summed E-state index contributed by atoms with van der Waals surface area (Å²) in [4.78, 5) is 33.0. The molecular weight excluding hydrogens is 284 g/mol. The Morgan fingerprint density at radius 3 is 2.80 bits per heavy atom. The van der Waals surface area contributed by atoms with Gasteiger partial charge in [-0.15, -0.1) is 11.8 Å². The van der Waals surface area contributed by atoms with E-state index in [0.29, 0.717) is 23.4 Å². The van der Waals surface area contributed by atoms with Gasteiger partial charge in [-0.3, -0.25) is 19.7 Å². The molecule has 2 rings (SSSR count). The van der Waals surface area contributed by atoms with Gasteiger partial charge in [-0.2, -0.15) is 0 Å². The number of rotatable bonds is 4. The molecule has 1 aliphatic rings. The first kappa shape index (κ1) is 14.3. The maximum absolute atomic E-state index is 11.3. The molecular formula is C12H12N2O5S. The highest BCUT2D eigenvalue weighted by Crippen LogP contribution is 2.38. The van der Waals surface area contributed by atoms with Crippen molar-refractivity contribution in [3.63, 3.8) is 0 Å². The molecule has 0 aliphatic carbocycles. The molecule has 106 valence electrons. The molecule has 1 atom stereocenters. The molecule has 0 radical (unpaired) electrons. The van der Waals surface area contributed by atoms with Gasteiger partial charge >= 0.3 is 5.97 Å². The van der Waals surface area contributed by atoms with Crippen molar-refractivity contribution >= 4 is 35.0 Å². The molecule has 20 heavy (non-hydrogen) atoms. The summed E-state index contributed by atoms with van der Waals surface area (Å²) < 4.78 is 0. The van der Waals surface area contributed by atoms with Crippen molar-refractivity contribution in [2.45, 2.75) is 29.9 Å². The second kappa shape index (κ2) is 5.49. The molecule has 1 heterocycles. The lowest BCUT2D eigenvalue weighted by Crippen LogP contribution is -2.19. The number of thioether (sulfide) groups is 1. The van der Waals surface area contributed by atoms with Gasteiger partial charge in [0, 0.05) is 12.5 Å². The van der Waals surface area contributed by atoms with Gasteiger partial charge in [0.1, 0.15) is 5.25 Å². The van der Waals surface area contributed by atoms with E-state index in [4.69, 9.17) is 5.11 Å². The molecule has 0 saturated heterocycles. The number of hydrogen-bond acceptors (Lipinski definition) is 5. The van der Waals surface area contributed by atoms with E-state index in [1.165, 1.54) is 13.0 Å². The Bertz CT molecular complexity index is 602. The summed E-state index contributed by atoms with van der Waals surface area (Å²) in [5.74, 6) is -1.21. The number of nitro groups is 1. The third-order valence-corrected chi connectivity index (χ3v) is 4.06. The number of nitro benzene ring substituents is 1. The highest BCUT2D eigenvalue weighted by molar-refractivity contribution is 8.00. The van der Waals surface area contributed by atoms with Crippen molar-refractivity contribution in [2.24, 2.45) is 0 Å². The highest BCUT2D eigenvalue weighted by atomic mass is 32.2. The number of fused-ring (bicyclic) bond motifs is 1. The van der Waals surface area contributed by atoms with Gasteiger partial charge in [-0.05, 0) is 25.0 Å². The molecule has 8 heteroatoms. The number of carboxylic acids is 1. The molecule has 1 unspecified atom stereocenters. The largest absolute Gasteiger partial charge is 0.480 e. The molecule has 1 aromatic rings. The number of anilines is 1. The van der Waals surface area contributed by atoms with Crippen LogP contribution in [0.3, 0.4) is 0 Å². The Morgan fingerprint density at radius 2 is 2.20 bits per heavy atom. The second-order valence-corrected chi connectivity index (χ2v) is 5.76. The normalized spacial score (nSPS) is 15.2. The van der Waals surface area contributed by atoms with Gasteiger partial charge < -0.3 is 10.4 Å². The van der Waals surface area contributed by atoms with E-state index in [1.54, 1.807) is 6.07 Å². The zero-order valence-electron chi connectivity index (χ0n) is 10.6. The summed E-state index contributed by atoms with van der Waals surface area (Å²) in [5.41, 5.74) is 1.03. The number of benzene rings is 1. The minimum atomic E-state index is -1.03. The number of carbonyl (C=O) groups is 2. The Balaban J connectivity index is 2.42. The van der Waals surface area contributed by atoms with Crippen LogP contribution in [0.1, 0.15) is 18.9 Å². The minimum absolute atomic E-state index is 0.175. The van der Waals surface area contributed by atoms with E-state index in [1.807, 2.05) is 0 Å². The maximum Gasteiger partial charge on any atom is 0.316 e. The van der Waals surface area contributed by atoms with E-state index >= 15 is 0 Å². The van der Waals surface area contributed by atoms with Gasteiger partial charge in [0.15, 0.2) is 0 Å². The third-order valence-electron chi connectivity index (χ3n) is 2.93. The fraction of sp³-hybridized carbons (Fsp3) is 0.333. The van der Waals surface area contributed by atoms with Crippen molar-refractivity contribution in [2.75, 3.05) is 5.32 Å². The van der Waals surface area contributed by atoms with E-state index in [9.17, 15) is 19.7 Å². The predicted molar refractivity (Wildman–Crippen MR) is 73.0 cm³/mol. The average molecular weight is 296 g/mol. The number of hydrogen-bond donors (Lipinski definition) is 2. The van der Waals surface area contributed by atoms with E-state index in [0.717, 1.165) is 17.3 Å². The summed E-state index contributed by atoms with van der Waals surface area (Å²) in [6.07, 6.45) is 0.817. The summed E-state index contributed by atoms with van der Waals surface area (Å²) in [5, 5.41) is 21.8.